The number of aliphatic hydroxyl groups is 1. The van der Waals surface area contributed by atoms with Gasteiger partial charge >= 0.3 is 0 Å². The zero-order chi connectivity index (χ0) is 22.6. The number of hydrogen-bond acceptors (Lipinski definition) is 4. The van der Waals surface area contributed by atoms with Crippen LogP contribution < -0.4 is 0 Å². The average molecular weight is 421 g/mol. The maximum Gasteiger partial charge on any atom is 0.140 e. The van der Waals surface area contributed by atoms with Crippen LogP contribution in [0.4, 0.5) is 0 Å². The Bertz CT molecular complexity index is 749. The molecule has 0 amide bonds. The van der Waals surface area contributed by atoms with E-state index in [9.17, 15) is 9.90 Å². The Labute approximate surface area is 181 Å². The summed E-state index contributed by atoms with van der Waals surface area (Å²) in [7, 11) is 0. The van der Waals surface area contributed by atoms with Crippen LogP contribution in [-0.2, 0) is 17.8 Å². The molecule has 1 N–H and O–H groups in total. The van der Waals surface area contributed by atoms with Gasteiger partial charge in [0.25, 0.3) is 0 Å². The fraction of sp³-hybridized carbons (Fsp3) is 0.542. The van der Waals surface area contributed by atoms with E-state index < -0.39 is 0 Å². The van der Waals surface area contributed by atoms with E-state index in [1.165, 1.54) is 0 Å². The lowest BCUT2D eigenvalue weighted by atomic mass is 9.87. The highest BCUT2D eigenvalue weighted by molar-refractivity contribution is 6.30. The topological polar surface area (TPSA) is 63.1 Å². The number of nitrogens with zero attached hydrogens (tertiary/aromatic N) is 2. The van der Waals surface area contributed by atoms with Crippen molar-refractivity contribution in [3.8, 4) is 0 Å². The molecule has 0 aliphatic heterocycles. The summed E-state index contributed by atoms with van der Waals surface area (Å²) in [5.41, 5.74) is 3.61. The monoisotopic (exact) mass is 420 g/mol. The Morgan fingerprint density at radius 1 is 1.21 bits per heavy atom. The number of ketones is 1. The highest BCUT2D eigenvalue weighted by Crippen LogP contribution is 2.26. The molecule has 5 heteroatoms. The largest absolute Gasteiger partial charge is 0.392 e. The van der Waals surface area contributed by atoms with Crippen LogP contribution in [-0.4, -0.2) is 20.9 Å². The minimum Gasteiger partial charge on any atom is -0.392 e. The molecule has 2 heterocycles. The number of halogens is 1. The number of aliphatic hydroxyl groups excluding tert-OH is 1. The van der Waals surface area contributed by atoms with Gasteiger partial charge < -0.3 is 5.11 Å². The summed E-state index contributed by atoms with van der Waals surface area (Å²) in [5, 5.41) is 9.96. The van der Waals surface area contributed by atoms with Gasteiger partial charge in [-0.05, 0) is 30.0 Å². The Hall–Kier alpha value is -1.78. The summed E-state index contributed by atoms with van der Waals surface area (Å²) in [5.74, 6) is -0.172. The van der Waals surface area contributed by atoms with Crippen molar-refractivity contribution < 1.29 is 9.90 Å². The van der Waals surface area contributed by atoms with E-state index in [4.69, 9.17) is 11.6 Å². The molecule has 162 valence electrons. The van der Waals surface area contributed by atoms with Crippen molar-refractivity contribution in [2.24, 2.45) is 5.41 Å². The van der Waals surface area contributed by atoms with Crippen LogP contribution in [0.5, 0.6) is 0 Å². The summed E-state index contributed by atoms with van der Waals surface area (Å²) in [4.78, 5) is 21.0. The van der Waals surface area contributed by atoms with E-state index in [2.05, 4.69) is 37.7 Å². The normalized spacial score (nSPS) is 11.5. The Morgan fingerprint density at radius 2 is 1.79 bits per heavy atom. The van der Waals surface area contributed by atoms with Gasteiger partial charge in [-0.2, -0.15) is 0 Å². The van der Waals surface area contributed by atoms with Gasteiger partial charge in [-0.15, -0.1) is 0 Å². The third-order valence-corrected chi connectivity index (χ3v) is 3.96. The van der Waals surface area contributed by atoms with Gasteiger partial charge in [0, 0.05) is 48.1 Å². The van der Waals surface area contributed by atoms with E-state index in [0.29, 0.717) is 34.5 Å². The second kappa shape index (κ2) is 13.4. The van der Waals surface area contributed by atoms with Crippen LogP contribution in [0.2, 0.25) is 5.02 Å². The number of carbonyl (C=O) groups is 1. The maximum absolute atomic E-state index is 12.4. The zero-order valence-corrected chi connectivity index (χ0v) is 20.0. The molecule has 2 aromatic heterocycles. The molecule has 4 nitrogen and oxygen atoms in total. The highest BCUT2D eigenvalue weighted by atomic mass is 35.5. The van der Waals surface area contributed by atoms with Crippen molar-refractivity contribution >= 4 is 17.4 Å². The first kappa shape index (κ1) is 27.2. The first-order valence-corrected chi connectivity index (χ1v) is 10.6. The van der Waals surface area contributed by atoms with Gasteiger partial charge in [-0.25, -0.2) is 0 Å². The number of aryl methyl sites for hydroxylation is 1. The SMILES string of the molecule is CC.CC(C)(C)C.CCC(=O)C(Cc1ncc(Cl)cc1CO)c1cccnc1C. The first-order valence-electron chi connectivity index (χ1n) is 10.2. The highest BCUT2D eigenvalue weighted by Gasteiger charge is 2.23. The molecule has 0 aliphatic carbocycles. The third kappa shape index (κ3) is 10.5. The molecule has 0 spiro atoms. The second-order valence-corrected chi connectivity index (χ2v) is 8.61. The lowest BCUT2D eigenvalue weighted by Crippen LogP contribution is -2.17. The molecular weight excluding hydrogens is 384 g/mol. The quantitative estimate of drug-likeness (QED) is 0.594. The zero-order valence-electron chi connectivity index (χ0n) is 19.2. The standard InChI is InChI=1S/C17H19ClN2O2.C5H12.C2H6/c1-3-17(22)15(14-5-4-6-19-11(14)2)8-16-12(10-21)7-13(18)9-20-16;1-5(2,3)4;1-2/h4-7,9,15,21H,3,8,10H2,1-2H3;1-4H3;1-2H3. The van der Waals surface area contributed by atoms with Crippen LogP contribution >= 0.6 is 11.6 Å². The lowest BCUT2D eigenvalue weighted by Gasteiger charge is -2.18. The van der Waals surface area contributed by atoms with Crippen molar-refractivity contribution in [2.45, 2.75) is 80.8 Å². The smallest absolute Gasteiger partial charge is 0.140 e. The Balaban J connectivity index is 0.000000977. The minimum absolute atomic E-state index is 0.136. The summed E-state index contributed by atoms with van der Waals surface area (Å²) < 4.78 is 0. The van der Waals surface area contributed by atoms with Crippen molar-refractivity contribution in [3.63, 3.8) is 0 Å². The third-order valence-electron chi connectivity index (χ3n) is 3.75. The lowest BCUT2D eigenvalue weighted by molar-refractivity contribution is -0.120. The van der Waals surface area contributed by atoms with E-state index in [0.717, 1.165) is 11.3 Å². The van der Waals surface area contributed by atoms with Crippen LogP contribution in [0, 0.1) is 12.3 Å². The Morgan fingerprint density at radius 3 is 2.28 bits per heavy atom. The molecule has 29 heavy (non-hydrogen) atoms. The van der Waals surface area contributed by atoms with Crippen molar-refractivity contribution in [1.82, 2.24) is 9.97 Å². The summed E-state index contributed by atoms with van der Waals surface area (Å²) >= 11 is 5.91. The van der Waals surface area contributed by atoms with Gasteiger partial charge in [0.15, 0.2) is 0 Å². The molecular formula is C24H37ClN2O2. The number of aromatic nitrogens is 2. The molecule has 0 fully saturated rings. The van der Waals surface area contributed by atoms with Crippen LogP contribution in [0.3, 0.4) is 0 Å². The molecule has 1 atom stereocenters. The number of pyridine rings is 2. The summed E-state index contributed by atoms with van der Waals surface area (Å²) in [6.07, 6.45) is 4.14. The molecule has 0 aliphatic rings. The molecule has 0 saturated heterocycles. The minimum atomic E-state index is -0.308. The molecule has 0 bridgehead atoms. The number of rotatable bonds is 6. The predicted molar refractivity (Wildman–Crippen MR) is 122 cm³/mol. The fourth-order valence-electron chi connectivity index (χ4n) is 2.53. The van der Waals surface area contributed by atoms with E-state index in [1.807, 2.05) is 39.8 Å². The summed E-state index contributed by atoms with van der Waals surface area (Å²) in [6.45, 7) is 16.3. The molecule has 0 aromatic carbocycles. The molecule has 0 radical (unpaired) electrons. The fourth-order valence-corrected chi connectivity index (χ4v) is 2.71. The Kier molecular flexibility index (Phi) is 12.6. The van der Waals surface area contributed by atoms with Crippen molar-refractivity contribution in [1.29, 1.82) is 0 Å². The average Bonchev–Trinajstić information content (AvgIpc) is 2.67. The van der Waals surface area contributed by atoms with E-state index in [-0.39, 0.29) is 18.3 Å². The van der Waals surface area contributed by atoms with Gasteiger partial charge in [0.05, 0.1) is 11.6 Å². The van der Waals surface area contributed by atoms with Gasteiger partial charge in [0.2, 0.25) is 0 Å². The maximum atomic E-state index is 12.4. The number of hydrogen-bond donors (Lipinski definition) is 1. The summed E-state index contributed by atoms with van der Waals surface area (Å²) in [6, 6.07) is 5.45. The van der Waals surface area contributed by atoms with Crippen molar-refractivity contribution in [3.05, 3.63) is 58.1 Å². The van der Waals surface area contributed by atoms with Gasteiger partial charge in [-0.1, -0.05) is 66.1 Å². The first-order chi connectivity index (χ1) is 13.6. The van der Waals surface area contributed by atoms with E-state index in [1.54, 1.807) is 18.5 Å². The molecule has 1 unspecified atom stereocenters. The number of Topliss-reactive ketones (excluding diaryl/α,β-unsaturated/α-hetero) is 1. The number of carbonyl (C=O) groups excluding carboxylic acids is 1. The van der Waals surface area contributed by atoms with Crippen LogP contribution in [0.15, 0.2) is 30.6 Å². The van der Waals surface area contributed by atoms with Crippen molar-refractivity contribution in [2.75, 3.05) is 0 Å². The van der Waals surface area contributed by atoms with Crippen LogP contribution in [0.25, 0.3) is 0 Å². The second-order valence-electron chi connectivity index (χ2n) is 8.17. The van der Waals surface area contributed by atoms with Gasteiger partial charge in [0.1, 0.15) is 5.78 Å². The van der Waals surface area contributed by atoms with Crippen LogP contribution in [0.1, 0.15) is 83.3 Å². The van der Waals surface area contributed by atoms with Gasteiger partial charge in [-0.3, -0.25) is 14.8 Å². The van der Waals surface area contributed by atoms with E-state index >= 15 is 0 Å². The predicted octanol–water partition coefficient (Wildman–Crippen LogP) is 6.31. The molecule has 2 aromatic rings. The molecule has 2 rings (SSSR count). The molecule has 0 saturated carbocycles.